The second-order valence-corrected chi connectivity index (χ2v) is 4.25. The summed E-state index contributed by atoms with van der Waals surface area (Å²) in [4.78, 5) is 23.9. The fourth-order valence-electron chi connectivity index (χ4n) is 2.24. The van der Waals surface area contributed by atoms with E-state index in [1.54, 1.807) is 0 Å². The van der Waals surface area contributed by atoms with Crippen molar-refractivity contribution in [1.82, 2.24) is 0 Å². The number of nitrogens with one attached hydrogen (secondary N) is 1. The van der Waals surface area contributed by atoms with Crippen LogP contribution in [0.25, 0.3) is 0 Å². The molecule has 0 radical (unpaired) electrons. The summed E-state index contributed by atoms with van der Waals surface area (Å²) >= 11 is 0. The number of anilines is 1. The predicted molar refractivity (Wildman–Crippen MR) is 65.1 cm³/mol. The Labute approximate surface area is 105 Å². The first-order valence-electron chi connectivity index (χ1n) is 5.62. The molecule has 0 unspecified atom stereocenters. The highest BCUT2D eigenvalue weighted by Crippen LogP contribution is 2.34. The average molecular weight is 249 g/mol. The monoisotopic (exact) mass is 249 g/mol. The smallest absolute Gasteiger partial charge is 0.325 e. The van der Waals surface area contributed by atoms with Crippen molar-refractivity contribution in [2.24, 2.45) is 5.41 Å². The summed E-state index contributed by atoms with van der Waals surface area (Å²) in [6, 6.07) is 7.55. The predicted octanol–water partition coefficient (Wildman–Crippen LogP) is 0.987. The number of carbonyl (C=O) groups is 2. The second kappa shape index (κ2) is 4.68. The van der Waals surface area contributed by atoms with Gasteiger partial charge in [-0.1, -0.05) is 18.2 Å². The molecule has 0 saturated heterocycles. The highest BCUT2D eigenvalue weighted by molar-refractivity contribution is 6.01. The number of carbonyl (C=O) groups excluding carboxylic acids is 2. The van der Waals surface area contributed by atoms with E-state index < -0.39 is 17.4 Å². The van der Waals surface area contributed by atoms with Gasteiger partial charge in [0.1, 0.15) is 0 Å². The van der Waals surface area contributed by atoms with E-state index >= 15 is 0 Å². The van der Waals surface area contributed by atoms with Crippen molar-refractivity contribution in [2.45, 2.75) is 6.42 Å². The third-order valence-electron chi connectivity index (χ3n) is 3.24. The maximum Gasteiger partial charge on any atom is 0.325 e. The van der Waals surface area contributed by atoms with Crippen molar-refractivity contribution in [3.8, 4) is 0 Å². The number of methoxy groups -OCH3 is 2. The number of ether oxygens (including phenoxy) is 2. The van der Waals surface area contributed by atoms with Crippen molar-refractivity contribution < 1.29 is 19.1 Å². The van der Waals surface area contributed by atoms with E-state index in [2.05, 4.69) is 5.32 Å². The number of rotatable bonds is 2. The van der Waals surface area contributed by atoms with Crippen molar-refractivity contribution in [3.63, 3.8) is 0 Å². The lowest BCUT2D eigenvalue weighted by molar-refractivity contribution is -0.168. The Morgan fingerprint density at radius 1 is 1.17 bits per heavy atom. The molecule has 5 nitrogen and oxygen atoms in total. The molecule has 1 aliphatic heterocycles. The molecule has 1 N–H and O–H groups in total. The Morgan fingerprint density at radius 3 is 2.39 bits per heavy atom. The first kappa shape index (κ1) is 12.4. The van der Waals surface area contributed by atoms with Gasteiger partial charge in [0.25, 0.3) is 0 Å². The van der Waals surface area contributed by atoms with Crippen LogP contribution in [0, 0.1) is 5.41 Å². The van der Waals surface area contributed by atoms with Gasteiger partial charge in [0.15, 0.2) is 5.41 Å². The Morgan fingerprint density at radius 2 is 1.78 bits per heavy atom. The summed E-state index contributed by atoms with van der Waals surface area (Å²) in [5, 5.41) is 3.08. The largest absolute Gasteiger partial charge is 0.468 e. The van der Waals surface area contributed by atoms with Gasteiger partial charge in [-0.3, -0.25) is 9.59 Å². The van der Waals surface area contributed by atoms with Crippen LogP contribution in [0.15, 0.2) is 24.3 Å². The second-order valence-electron chi connectivity index (χ2n) is 4.25. The number of para-hydroxylation sites is 1. The highest BCUT2D eigenvalue weighted by atomic mass is 16.5. The van der Waals surface area contributed by atoms with E-state index in [1.165, 1.54) is 14.2 Å². The number of fused-ring (bicyclic) bond motifs is 1. The minimum atomic E-state index is -1.29. The van der Waals surface area contributed by atoms with Crippen LogP contribution in [0.3, 0.4) is 0 Å². The van der Waals surface area contributed by atoms with Crippen molar-refractivity contribution in [2.75, 3.05) is 26.1 Å². The molecule has 1 heterocycles. The number of esters is 2. The van der Waals surface area contributed by atoms with Crippen molar-refractivity contribution >= 4 is 17.6 Å². The minimum absolute atomic E-state index is 0.184. The van der Waals surface area contributed by atoms with Crippen LogP contribution in [-0.4, -0.2) is 32.7 Å². The zero-order valence-corrected chi connectivity index (χ0v) is 10.4. The highest BCUT2D eigenvalue weighted by Gasteiger charge is 2.50. The van der Waals surface area contributed by atoms with Crippen LogP contribution < -0.4 is 5.32 Å². The van der Waals surface area contributed by atoms with E-state index in [-0.39, 0.29) is 13.0 Å². The summed E-state index contributed by atoms with van der Waals surface area (Å²) < 4.78 is 9.50. The molecule has 0 atom stereocenters. The zero-order valence-electron chi connectivity index (χ0n) is 10.4. The molecule has 18 heavy (non-hydrogen) atoms. The van der Waals surface area contributed by atoms with Gasteiger partial charge >= 0.3 is 11.9 Å². The third kappa shape index (κ3) is 1.81. The van der Waals surface area contributed by atoms with Crippen LogP contribution in [-0.2, 0) is 25.5 Å². The molecule has 2 rings (SSSR count). The van der Waals surface area contributed by atoms with E-state index in [0.29, 0.717) is 0 Å². The third-order valence-corrected chi connectivity index (χ3v) is 3.24. The van der Waals surface area contributed by atoms with E-state index in [1.807, 2.05) is 24.3 Å². The van der Waals surface area contributed by atoms with Crippen LogP contribution in [0.4, 0.5) is 5.69 Å². The molecule has 5 heteroatoms. The van der Waals surface area contributed by atoms with Gasteiger partial charge < -0.3 is 14.8 Å². The molecule has 0 bridgehead atoms. The van der Waals surface area contributed by atoms with Gasteiger partial charge in [-0.2, -0.15) is 0 Å². The molecule has 1 aliphatic rings. The summed E-state index contributed by atoms with van der Waals surface area (Å²) in [5.41, 5.74) is 0.540. The zero-order chi connectivity index (χ0) is 13.2. The quantitative estimate of drug-likeness (QED) is 0.625. The van der Waals surface area contributed by atoms with Crippen LogP contribution in [0.1, 0.15) is 5.56 Å². The van der Waals surface area contributed by atoms with Gasteiger partial charge in [0.2, 0.25) is 0 Å². The number of hydrogen-bond donors (Lipinski definition) is 1. The van der Waals surface area contributed by atoms with Gasteiger partial charge in [0, 0.05) is 18.7 Å². The first-order valence-corrected chi connectivity index (χ1v) is 5.62. The molecule has 96 valence electrons. The summed E-state index contributed by atoms with van der Waals surface area (Å²) in [5.74, 6) is -1.15. The summed E-state index contributed by atoms with van der Waals surface area (Å²) in [6.45, 7) is 0.184. The van der Waals surface area contributed by atoms with E-state index in [4.69, 9.17) is 9.47 Å². The topological polar surface area (TPSA) is 64.6 Å². The fourth-order valence-corrected chi connectivity index (χ4v) is 2.24. The van der Waals surface area contributed by atoms with Crippen LogP contribution >= 0.6 is 0 Å². The molecular formula is C13H15NO4. The molecule has 0 fully saturated rings. The Kier molecular flexibility index (Phi) is 3.23. The van der Waals surface area contributed by atoms with Gasteiger partial charge in [-0.05, 0) is 11.6 Å². The molecule has 0 aliphatic carbocycles. The molecule has 1 aromatic rings. The van der Waals surface area contributed by atoms with Gasteiger partial charge in [0.05, 0.1) is 14.2 Å². The molecule has 1 aromatic carbocycles. The molecule has 0 amide bonds. The average Bonchev–Trinajstić information content (AvgIpc) is 2.44. The van der Waals surface area contributed by atoms with Crippen molar-refractivity contribution in [1.29, 1.82) is 0 Å². The molecular weight excluding hydrogens is 234 g/mol. The lowest BCUT2D eigenvalue weighted by Gasteiger charge is -2.33. The number of benzene rings is 1. The summed E-state index contributed by atoms with van der Waals surface area (Å²) in [7, 11) is 2.54. The van der Waals surface area contributed by atoms with Crippen LogP contribution in [0.5, 0.6) is 0 Å². The Hall–Kier alpha value is -2.04. The fraction of sp³-hybridized carbons (Fsp3) is 0.385. The molecule has 0 spiro atoms. The summed E-state index contributed by atoms with van der Waals surface area (Å²) in [6.07, 6.45) is 0.287. The molecule has 0 saturated carbocycles. The number of hydrogen-bond acceptors (Lipinski definition) is 5. The molecule has 0 aromatic heterocycles. The van der Waals surface area contributed by atoms with E-state index in [9.17, 15) is 9.59 Å². The van der Waals surface area contributed by atoms with E-state index in [0.717, 1.165) is 11.3 Å². The maximum atomic E-state index is 11.9. The standard InChI is InChI=1S/C13H15NO4/c1-17-11(15)13(12(16)18-2)7-9-5-3-4-6-10(9)14-8-13/h3-6,14H,7-8H2,1-2H3. The Bertz CT molecular complexity index is 468. The van der Waals surface area contributed by atoms with Gasteiger partial charge in [-0.15, -0.1) is 0 Å². The van der Waals surface area contributed by atoms with Crippen molar-refractivity contribution in [3.05, 3.63) is 29.8 Å². The lowest BCUT2D eigenvalue weighted by Crippen LogP contribution is -2.50. The SMILES string of the molecule is COC(=O)C1(C(=O)OC)CNc2ccccc2C1. The maximum absolute atomic E-state index is 11.9. The van der Waals surface area contributed by atoms with Crippen LogP contribution in [0.2, 0.25) is 0 Å². The first-order chi connectivity index (χ1) is 8.64. The van der Waals surface area contributed by atoms with Gasteiger partial charge in [-0.25, -0.2) is 0 Å². The minimum Gasteiger partial charge on any atom is -0.468 e. The Balaban J connectivity index is 2.41. The normalized spacial score (nSPS) is 16.1. The lowest BCUT2D eigenvalue weighted by atomic mass is 9.78.